The number of aromatic nitrogens is 3. The number of likely N-dealkylation sites (tertiary alicyclic amines) is 1. The Morgan fingerprint density at radius 2 is 1.80 bits per heavy atom. The van der Waals surface area contributed by atoms with Crippen molar-refractivity contribution in [2.24, 2.45) is 5.41 Å². The number of aryl methyl sites for hydroxylation is 1. The molecule has 0 unspecified atom stereocenters. The van der Waals surface area contributed by atoms with Crippen LogP contribution in [-0.4, -0.2) is 45.7 Å². The zero-order chi connectivity index (χ0) is 24.8. The molecule has 1 N–H and O–H groups in total. The van der Waals surface area contributed by atoms with Crippen LogP contribution < -0.4 is 10.1 Å². The molecule has 1 aliphatic carbocycles. The lowest BCUT2D eigenvalue weighted by Crippen LogP contribution is -2.49. The Balaban J connectivity index is 1.13. The first-order valence-electron chi connectivity index (χ1n) is 11.3. The van der Waals surface area contributed by atoms with E-state index in [2.05, 4.69) is 25.4 Å². The van der Waals surface area contributed by atoms with Crippen LogP contribution in [0.2, 0.25) is 0 Å². The fourth-order valence-corrected chi connectivity index (χ4v) is 4.79. The quantitative estimate of drug-likeness (QED) is 0.519. The highest BCUT2D eigenvalue weighted by Crippen LogP contribution is 2.56. The number of carbonyl (C=O) groups excluding carboxylic acids is 1. The van der Waals surface area contributed by atoms with Gasteiger partial charge in [0.1, 0.15) is 5.75 Å². The van der Waals surface area contributed by atoms with Crippen LogP contribution in [0.1, 0.15) is 48.7 Å². The number of urea groups is 1. The van der Waals surface area contributed by atoms with Gasteiger partial charge in [-0.15, -0.1) is 13.2 Å². The van der Waals surface area contributed by atoms with Gasteiger partial charge in [-0.1, -0.05) is 10.3 Å². The Kier molecular flexibility index (Phi) is 5.68. The third-order valence-corrected chi connectivity index (χ3v) is 6.99. The fraction of sp³-hybridized carbons (Fsp3) is 0.478. The summed E-state index contributed by atoms with van der Waals surface area (Å²) in [6.07, 6.45) is -1.16. The van der Waals surface area contributed by atoms with Crippen molar-refractivity contribution in [3.63, 3.8) is 0 Å². The molecule has 3 aromatic rings. The zero-order valence-electron chi connectivity index (χ0n) is 19.2. The third-order valence-electron chi connectivity index (χ3n) is 6.99. The minimum Gasteiger partial charge on any atom is -0.406 e. The van der Waals surface area contributed by atoms with Gasteiger partial charge in [0.2, 0.25) is 5.88 Å². The molecule has 2 aromatic heterocycles. The summed E-state index contributed by atoms with van der Waals surface area (Å²) in [4.78, 5) is 18.8. The van der Waals surface area contributed by atoms with Crippen molar-refractivity contribution in [3.05, 3.63) is 41.3 Å². The lowest BCUT2D eigenvalue weighted by atomic mass is 9.57. The molecular weight excluding hydrogens is 467 g/mol. The van der Waals surface area contributed by atoms with E-state index in [9.17, 15) is 18.0 Å². The van der Waals surface area contributed by atoms with E-state index in [0.29, 0.717) is 30.4 Å². The smallest absolute Gasteiger partial charge is 0.406 e. The Morgan fingerprint density at radius 3 is 2.40 bits per heavy atom. The van der Waals surface area contributed by atoms with Crippen LogP contribution in [0.5, 0.6) is 5.75 Å². The molecule has 9 nitrogen and oxygen atoms in total. The molecular formula is C23H24F3N5O4. The first kappa shape index (κ1) is 23.2. The van der Waals surface area contributed by atoms with Crippen LogP contribution >= 0.6 is 0 Å². The third kappa shape index (κ3) is 4.82. The van der Waals surface area contributed by atoms with E-state index < -0.39 is 6.36 Å². The monoisotopic (exact) mass is 491 g/mol. The minimum atomic E-state index is -4.74. The van der Waals surface area contributed by atoms with Gasteiger partial charge < -0.3 is 18.7 Å². The first-order chi connectivity index (χ1) is 16.6. The summed E-state index contributed by atoms with van der Waals surface area (Å²) in [5.41, 5.74) is 2.23. The lowest BCUT2D eigenvalue weighted by Gasteiger charge is -2.51. The zero-order valence-corrected chi connectivity index (χ0v) is 19.2. The second kappa shape index (κ2) is 8.58. The predicted molar refractivity (Wildman–Crippen MR) is 117 cm³/mol. The van der Waals surface area contributed by atoms with Gasteiger partial charge in [-0.25, -0.2) is 4.79 Å². The Labute approximate surface area is 198 Å². The van der Waals surface area contributed by atoms with E-state index in [1.807, 2.05) is 13.8 Å². The van der Waals surface area contributed by atoms with Gasteiger partial charge in [0.05, 0.1) is 5.69 Å². The number of halogens is 3. The maximum atomic E-state index is 12.6. The van der Waals surface area contributed by atoms with Crippen LogP contribution in [0.15, 0.2) is 33.3 Å². The van der Waals surface area contributed by atoms with Crippen molar-refractivity contribution in [2.45, 2.75) is 51.8 Å². The number of ether oxygens (including phenoxy) is 1. The highest BCUT2D eigenvalue weighted by atomic mass is 19.4. The molecule has 2 fully saturated rings. The van der Waals surface area contributed by atoms with E-state index >= 15 is 0 Å². The van der Waals surface area contributed by atoms with Crippen LogP contribution in [-0.2, 0) is 0 Å². The van der Waals surface area contributed by atoms with Crippen LogP contribution in [0.25, 0.3) is 11.5 Å². The SMILES string of the molecule is Cc1noc(NC(=O)N2CCC3(CC2)CC(c2noc(-c4ccc(OC(F)(F)F)cc4)n2)C3)c1C. The summed E-state index contributed by atoms with van der Waals surface area (Å²) >= 11 is 0. The number of rotatable bonds is 4. The van der Waals surface area contributed by atoms with Crippen LogP contribution in [0.4, 0.5) is 23.8 Å². The number of amides is 2. The highest BCUT2D eigenvalue weighted by Gasteiger charge is 2.48. The molecule has 0 bridgehead atoms. The van der Waals surface area contributed by atoms with Gasteiger partial charge in [-0.3, -0.25) is 5.32 Å². The molecule has 2 aliphatic rings. The molecule has 5 rings (SSSR count). The second-order valence-electron chi connectivity index (χ2n) is 9.27. The molecule has 186 valence electrons. The van der Waals surface area contributed by atoms with E-state index in [4.69, 9.17) is 9.05 Å². The standard InChI is InChI=1S/C23H24F3N5O4/c1-13-14(2)29-34-19(13)28-21(32)31-9-7-22(8-10-31)11-16(12-22)18-27-20(35-30-18)15-3-5-17(6-4-15)33-23(24,25)26/h3-6,16H,7-12H2,1-2H3,(H,28,32). The average Bonchev–Trinajstić information content (AvgIpc) is 3.40. The van der Waals surface area contributed by atoms with E-state index in [0.717, 1.165) is 36.9 Å². The van der Waals surface area contributed by atoms with Gasteiger partial charge in [0.25, 0.3) is 5.89 Å². The number of anilines is 1. The summed E-state index contributed by atoms with van der Waals surface area (Å²) in [5.74, 6) is 1.07. The van der Waals surface area contributed by atoms with Crippen molar-refractivity contribution < 1.29 is 31.7 Å². The normalized spacial score (nSPS) is 17.9. The molecule has 3 heterocycles. The number of hydrogen-bond acceptors (Lipinski definition) is 7. The van der Waals surface area contributed by atoms with Gasteiger partial charge in [0, 0.05) is 30.1 Å². The summed E-state index contributed by atoms with van der Waals surface area (Å²) in [6.45, 7) is 4.97. The number of benzene rings is 1. The number of alkyl halides is 3. The fourth-order valence-electron chi connectivity index (χ4n) is 4.79. The molecule has 12 heteroatoms. The second-order valence-corrected chi connectivity index (χ2v) is 9.27. The molecule has 0 atom stereocenters. The number of piperidine rings is 1. The Morgan fingerprint density at radius 1 is 1.11 bits per heavy atom. The summed E-state index contributed by atoms with van der Waals surface area (Å²) in [7, 11) is 0. The van der Waals surface area contributed by atoms with Crippen molar-refractivity contribution in [2.75, 3.05) is 18.4 Å². The molecule has 0 radical (unpaired) electrons. The maximum Gasteiger partial charge on any atom is 0.573 e. The number of hydrogen-bond donors (Lipinski definition) is 1. The minimum absolute atomic E-state index is 0.150. The molecule has 2 amide bonds. The summed E-state index contributed by atoms with van der Waals surface area (Å²) in [6, 6.07) is 5.12. The van der Waals surface area contributed by atoms with Gasteiger partial charge in [-0.05, 0) is 69.2 Å². The summed E-state index contributed by atoms with van der Waals surface area (Å²) < 4.78 is 51.4. The largest absolute Gasteiger partial charge is 0.573 e. The first-order valence-corrected chi connectivity index (χ1v) is 11.3. The molecule has 35 heavy (non-hydrogen) atoms. The maximum absolute atomic E-state index is 12.6. The van der Waals surface area contributed by atoms with Crippen LogP contribution in [0, 0.1) is 19.3 Å². The summed E-state index contributed by atoms with van der Waals surface area (Å²) in [5, 5.41) is 10.7. The average molecular weight is 491 g/mol. The topological polar surface area (TPSA) is 107 Å². The Bertz CT molecular complexity index is 1200. The molecule has 1 spiro atoms. The highest BCUT2D eigenvalue weighted by molar-refractivity contribution is 5.88. The van der Waals surface area contributed by atoms with Gasteiger partial charge in [-0.2, -0.15) is 4.98 Å². The van der Waals surface area contributed by atoms with Crippen LogP contribution in [0.3, 0.4) is 0 Å². The van der Waals surface area contributed by atoms with Gasteiger partial charge in [0.15, 0.2) is 5.82 Å². The van der Waals surface area contributed by atoms with E-state index in [1.165, 1.54) is 24.3 Å². The molecule has 1 saturated carbocycles. The molecule has 1 aromatic carbocycles. The lowest BCUT2D eigenvalue weighted by molar-refractivity contribution is -0.274. The van der Waals surface area contributed by atoms with Gasteiger partial charge >= 0.3 is 12.4 Å². The Hall–Kier alpha value is -3.57. The molecule has 1 saturated heterocycles. The van der Waals surface area contributed by atoms with Crippen molar-refractivity contribution in [1.29, 1.82) is 0 Å². The van der Waals surface area contributed by atoms with Crippen molar-refractivity contribution >= 4 is 11.9 Å². The van der Waals surface area contributed by atoms with Crippen molar-refractivity contribution in [1.82, 2.24) is 20.2 Å². The predicted octanol–water partition coefficient (Wildman–Crippen LogP) is 5.43. The van der Waals surface area contributed by atoms with E-state index in [-0.39, 0.29) is 29.0 Å². The molecule has 1 aliphatic heterocycles. The van der Waals surface area contributed by atoms with Crippen molar-refractivity contribution in [3.8, 4) is 17.2 Å². The number of nitrogens with one attached hydrogen (secondary N) is 1. The van der Waals surface area contributed by atoms with E-state index in [1.54, 1.807) is 4.90 Å². The number of nitrogens with zero attached hydrogens (tertiary/aromatic N) is 4. The number of carbonyl (C=O) groups is 1.